The maximum atomic E-state index is 12.4. The average Bonchev–Trinajstić information content (AvgIpc) is 3.30. The summed E-state index contributed by atoms with van der Waals surface area (Å²) in [5.41, 5.74) is 4.43. The molecule has 9 heteroatoms. The van der Waals surface area contributed by atoms with Gasteiger partial charge in [0.25, 0.3) is 5.89 Å². The van der Waals surface area contributed by atoms with Gasteiger partial charge >= 0.3 is 0 Å². The van der Waals surface area contributed by atoms with E-state index in [0.29, 0.717) is 23.0 Å². The number of sulfone groups is 1. The maximum absolute atomic E-state index is 12.4. The molecule has 0 aliphatic heterocycles. The van der Waals surface area contributed by atoms with E-state index >= 15 is 0 Å². The zero-order chi connectivity index (χ0) is 23.6. The first-order valence-electron chi connectivity index (χ1n) is 10.6. The largest absolute Gasteiger partial charge is 0.415 e. The molecule has 174 valence electrons. The molecule has 1 N–H and O–H groups in total. The molecule has 8 nitrogen and oxygen atoms in total. The highest BCUT2D eigenvalue weighted by atomic mass is 32.2. The molecule has 4 aromatic rings. The second kappa shape index (κ2) is 9.21. The maximum Gasteiger partial charge on any atom is 0.268 e. The Kier molecular flexibility index (Phi) is 6.35. The smallest absolute Gasteiger partial charge is 0.268 e. The van der Waals surface area contributed by atoms with E-state index in [2.05, 4.69) is 25.5 Å². The zero-order valence-electron chi connectivity index (χ0n) is 18.9. The number of benzene rings is 2. The first-order valence-corrected chi connectivity index (χ1v) is 12.1. The van der Waals surface area contributed by atoms with Crippen molar-refractivity contribution in [2.75, 3.05) is 7.05 Å². The summed E-state index contributed by atoms with van der Waals surface area (Å²) in [5.74, 6) is 0.672. The van der Waals surface area contributed by atoms with Crippen LogP contribution in [-0.2, 0) is 16.4 Å². The molecule has 0 aliphatic carbocycles. The van der Waals surface area contributed by atoms with E-state index in [-0.39, 0.29) is 13.6 Å². The highest BCUT2D eigenvalue weighted by molar-refractivity contribution is 7.92. The Morgan fingerprint density at radius 2 is 1.61 bits per heavy atom. The van der Waals surface area contributed by atoms with Gasteiger partial charge in [0.05, 0.1) is 27.7 Å². The molecule has 0 fully saturated rings. The summed E-state index contributed by atoms with van der Waals surface area (Å²) in [6.07, 6.45) is 1.64. The summed E-state index contributed by atoms with van der Waals surface area (Å²) in [5, 5.41) is 11.0. The molecule has 0 radical (unpaired) electrons. The summed E-state index contributed by atoms with van der Waals surface area (Å²) >= 11 is 0. The number of rotatable bonds is 7. The summed E-state index contributed by atoms with van der Waals surface area (Å²) in [6.45, 7) is 5.93. The molecule has 2 aromatic heterocycles. The lowest BCUT2D eigenvalue weighted by Gasteiger charge is -2.09. The van der Waals surface area contributed by atoms with Crippen molar-refractivity contribution < 1.29 is 15.7 Å². The van der Waals surface area contributed by atoms with Crippen LogP contribution in [0.4, 0.5) is 0 Å². The number of aromatic nitrogens is 4. The number of aryl methyl sites for hydroxylation is 1. The van der Waals surface area contributed by atoms with Crippen LogP contribution < -0.4 is 5.32 Å². The number of hydrogen-bond donors (Lipinski definition) is 1. The molecule has 0 unspecified atom stereocenters. The van der Waals surface area contributed by atoms with Crippen molar-refractivity contribution in [3.63, 3.8) is 0 Å². The molecule has 0 aliphatic rings. The van der Waals surface area contributed by atoms with Crippen molar-refractivity contribution in [1.29, 1.82) is 0 Å². The monoisotopic (exact) mass is 467 g/mol. The molecule has 4 rings (SSSR count). The van der Waals surface area contributed by atoms with E-state index in [9.17, 15) is 8.42 Å². The average molecular weight is 468 g/mol. The van der Waals surface area contributed by atoms with E-state index in [1.54, 1.807) is 44.3 Å². The van der Waals surface area contributed by atoms with E-state index in [1.165, 1.54) is 0 Å². The van der Waals surface area contributed by atoms with Crippen LogP contribution >= 0.6 is 0 Å². The van der Waals surface area contributed by atoms with Crippen LogP contribution in [0.15, 0.2) is 64.0 Å². The molecule has 0 atom stereocenters. The van der Waals surface area contributed by atoms with Gasteiger partial charge < -0.3 is 9.73 Å². The first kappa shape index (κ1) is 22.8. The Morgan fingerprint density at radius 3 is 2.24 bits per heavy atom. The van der Waals surface area contributed by atoms with Crippen LogP contribution in [0, 0.1) is 6.92 Å². The lowest BCUT2D eigenvalue weighted by Crippen LogP contribution is -2.13. The first-order chi connectivity index (χ1) is 15.8. The fraction of sp³-hybridized carbons (Fsp3) is 0.250. The van der Waals surface area contributed by atoms with Gasteiger partial charge in [-0.25, -0.2) is 13.4 Å². The number of hydrogen-bond acceptors (Lipinski definition) is 8. The SMILES string of the molecule is CNCc1ccc(-c2nnc(-c3nc(-c4ccc(S(=O)(=O)C(C)C)cc4)cnc3C)o2)cc1.[HH].[HH]. The standard InChI is InChI=1S/C24H25N5O3S.2H2/c1-15(2)33(30,31)20-11-9-18(10-12-20)21-14-26-16(3)22(27-21)24-29-28-23(32-24)19-7-5-17(6-8-19)13-25-4;;/h5-12,14-15,25H,13H2,1-4H3;2*1H. The van der Waals surface area contributed by atoms with Crippen LogP contribution in [-0.4, -0.2) is 40.9 Å². The van der Waals surface area contributed by atoms with Gasteiger partial charge in [-0.2, -0.15) is 0 Å². The Hall–Kier alpha value is -3.43. The minimum atomic E-state index is -3.34. The minimum Gasteiger partial charge on any atom is -0.415 e. The molecule has 0 saturated heterocycles. The third-order valence-corrected chi connectivity index (χ3v) is 7.43. The second-order valence-corrected chi connectivity index (χ2v) is 10.5. The number of nitrogens with one attached hydrogen (secondary N) is 1. The molecule has 2 aromatic carbocycles. The number of nitrogens with zero attached hydrogens (tertiary/aromatic N) is 4. The summed E-state index contributed by atoms with van der Waals surface area (Å²) < 4.78 is 30.6. The lowest BCUT2D eigenvalue weighted by molar-refractivity contribution is 0.581. The van der Waals surface area contributed by atoms with Crippen LogP contribution in [0.25, 0.3) is 34.3 Å². The van der Waals surface area contributed by atoms with Crippen molar-refractivity contribution >= 4 is 9.84 Å². The summed E-state index contributed by atoms with van der Waals surface area (Å²) in [7, 11) is -1.44. The molecular weight excluding hydrogens is 438 g/mol. The highest BCUT2D eigenvalue weighted by Gasteiger charge is 2.20. The van der Waals surface area contributed by atoms with Crippen molar-refractivity contribution in [2.45, 2.75) is 37.5 Å². The Balaban J connectivity index is 0.00000216. The van der Waals surface area contributed by atoms with Crippen LogP contribution in [0.1, 0.15) is 28.0 Å². The van der Waals surface area contributed by atoms with Crippen molar-refractivity contribution in [3.05, 3.63) is 66.0 Å². The van der Waals surface area contributed by atoms with E-state index in [4.69, 9.17) is 4.42 Å². The van der Waals surface area contributed by atoms with E-state index < -0.39 is 15.1 Å². The molecular formula is C24H29N5O3S. The Morgan fingerprint density at radius 1 is 0.970 bits per heavy atom. The zero-order valence-corrected chi connectivity index (χ0v) is 19.7. The predicted molar refractivity (Wildman–Crippen MR) is 130 cm³/mol. The topological polar surface area (TPSA) is 111 Å². The van der Waals surface area contributed by atoms with Gasteiger partial charge in [0.2, 0.25) is 5.89 Å². The molecule has 33 heavy (non-hydrogen) atoms. The second-order valence-electron chi connectivity index (χ2n) is 7.95. The molecule has 0 spiro atoms. The van der Waals surface area contributed by atoms with Crippen molar-refractivity contribution in [2.24, 2.45) is 0 Å². The van der Waals surface area contributed by atoms with Gasteiger partial charge in [-0.3, -0.25) is 4.98 Å². The van der Waals surface area contributed by atoms with Crippen LogP contribution in [0.5, 0.6) is 0 Å². The van der Waals surface area contributed by atoms with E-state index in [1.807, 2.05) is 38.2 Å². The van der Waals surface area contributed by atoms with E-state index in [0.717, 1.165) is 23.2 Å². The molecule has 0 bridgehead atoms. The molecule has 2 heterocycles. The van der Waals surface area contributed by atoms with Gasteiger partial charge in [-0.1, -0.05) is 24.3 Å². The summed E-state index contributed by atoms with van der Waals surface area (Å²) in [4.78, 5) is 9.38. The quantitative estimate of drug-likeness (QED) is 0.421. The van der Waals surface area contributed by atoms with Crippen molar-refractivity contribution in [1.82, 2.24) is 25.5 Å². The van der Waals surface area contributed by atoms with Gasteiger partial charge in [0, 0.05) is 20.5 Å². The van der Waals surface area contributed by atoms with Gasteiger partial charge in [-0.05, 0) is 57.6 Å². The Labute approximate surface area is 196 Å². The predicted octanol–water partition coefficient (Wildman–Crippen LogP) is 4.56. The Bertz CT molecular complexity index is 1370. The summed E-state index contributed by atoms with van der Waals surface area (Å²) in [6, 6.07) is 14.5. The third kappa shape index (κ3) is 4.69. The van der Waals surface area contributed by atoms with Crippen molar-refractivity contribution in [3.8, 4) is 34.3 Å². The lowest BCUT2D eigenvalue weighted by atomic mass is 10.1. The van der Waals surface area contributed by atoms with Gasteiger partial charge in [0.1, 0.15) is 5.69 Å². The van der Waals surface area contributed by atoms with Crippen LogP contribution in [0.2, 0.25) is 0 Å². The fourth-order valence-corrected chi connectivity index (χ4v) is 4.34. The normalized spacial score (nSPS) is 11.8. The van der Waals surface area contributed by atoms with Gasteiger partial charge in [-0.15, -0.1) is 10.2 Å². The van der Waals surface area contributed by atoms with Gasteiger partial charge in [0.15, 0.2) is 9.84 Å². The highest BCUT2D eigenvalue weighted by Crippen LogP contribution is 2.27. The fourth-order valence-electron chi connectivity index (χ4n) is 3.28. The van der Waals surface area contributed by atoms with Crippen LogP contribution in [0.3, 0.4) is 0 Å². The molecule has 0 amide bonds. The third-order valence-electron chi connectivity index (χ3n) is 5.26. The molecule has 0 saturated carbocycles. The minimum absolute atomic E-state index is 0.